The van der Waals surface area contributed by atoms with E-state index in [-0.39, 0.29) is 6.03 Å². The fraction of sp³-hybridized carbons (Fsp3) is 0.211. The number of aromatic nitrogens is 4. The minimum atomic E-state index is -0.206. The SMILES string of the molecule is CCNC(=O)Nc1ccc(SN2C=C(Nc3cc(C)[nH]n3)n3ccnc3C2)cc1. The van der Waals surface area contributed by atoms with Crippen molar-refractivity contribution in [2.45, 2.75) is 25.3 Å². The van der Waals surface area contributed by atoms with Crippen molar-refractivity contribution in [2.75, 3.05) is 17.2 Å². The van der Waals surface area contributed by atoms with Gasteiger partial charge in [0.2, 0.25) is 0 Å². The van der Waals surface area contributed by atoms with Gasteiger partial charge in [-0.15, -0.1) is 0 Å². The van der Waals surface area contributed by atoms with Crippen molar-refractivity contribution in [2.24, 2.45) is 0 Å². The minimum Gasteiger partial charge on any atom is -0.338 e. The molecule has 3 heterocycles. The van der Waals surface area contributed by atoms with Crippen LogP contribution in [-0.4, -0.2) is 36.6 Å². The van der Waals surface area contributed by atoms with Gasteiger partial charge in [0.1, 0.15) is 11.6 Å². The summed E-state index contributed by atoms with van der Waals surface area (Å²) in [5, 5.41) is 16.0. The fourth-order valence-electron chi connectivity index (χ4n) is 2.89. The molecule has 0 radical (unpaired) electrons. The molecular formula is C19H22N8OS. The molecule has 150 valence electrons. The summed E-state index contributed by atoms with van der Waals surface area (Å²) >= 11 is 1.60. The van der Waals surface area contributed by atoms with E-state index < -0.39 is 0 Å². The number of hydrogen-bond donors (Lipinski definition) is 4. The van der Waals surface area contributed by atoms with Crippen molar-refractivity contribution in [3.63, 3.8) is 0 Å². The van der Waals surface area contributed by atoms with Crippen molar-refractivity contribution in [1.82, 2.24) is 29.4 Å². The van der Waals surface area contributed by atoms with Crippen LogP contribution in [0, 0.1) is 6.92 Å². The Kier molecular flexibility index (Phi) is 5.43. The van der Waals surface area contributed by atoms with E-state index >= 15 is 0 Å². The standard InChI is InChI=1S/C19H22N8OS/c1-3-20-19(28)22-14-4-6-15(7-5-14)29-26-11-17-21-8-9-27(17)18(12-26)23-16-10-13(2)24-25-16/h4-10,12H,3,11H2,1-2H3,(H2,20,22,28)(H2,23,24,25). The number of imidazole rings is 1. The summed E-state index contributed by atoms with van der Waals surface area (Å²) < 4.78 is 4.12. The van der Waals surface area contributed by atoms with Gasteiger partial charge in [0, 0.05) is 41.3 Å². The topological polar surface area (TPSA) is 103 Å². The number of carbonyl (C=O) groups excluding carboxylic acids is 1. The lowest BCUT2D eigenvalue weighted by Crippen LogP contribution is -2.28. The number of carbonyl (C=O) groups is 1. The highest BCUT2D eigenvalue weighted by atomic mass is 32.2. The summed E-state index contributed by atoms with van der Waals surface area (Å²) in [5.74, 6) is 2.56. The van der Waals surface area contributed by atoms with E-state index in [9.17, 15) is 4.79 Å². The van der Waals surface area contributed by atoms with Crippen LogP contribution in [0.1, 0.15) is 18.4 Å². The minimum absolute atomic E-state index is 0.206. The highest BCUT2D eigenvalue weighted by molar-refractivity contribution is 7.97. The molecule has 1 aliphatic heterocycles. The lowest BCUT2D eigenvalue weighted by molar-refractivity contribution is 0.252. The first kappa shape index (κ1) is 18.9. The number of anilines is 2. The third kappa shape index (κ3) is 4.54. The number of rotatable bonds is 6. The van der Waals surface area contributed by atoms with Gasteiger partial charge in [0.05, 0.1) is 12.7 Å². The second-order valence-electron chi connectivity index (χ2n) is 6.46. The number of aryl methyl sites for hydroxylation is 1. The Morgan fingerprint density at radius 1 is 1.31 bits per heavy atom. The first-order valence-corrected chi connectivity index (χ1v) is 10.0. The Labute approximate surface area is 172 Å². The highest BCUT2D eigenvalue weighted by Crippen LogP contribution is 2.30. The molecule has 0 saturated heterocycles. The smallest absolute Gasteiger partial charge is 0.319 e. The van der Waals surface area contributed by atoms with Crippen LogP contribution in [0.4, 0.5) is 16.3 Å². The Bertz CT molecular complexity index is 1020. The molecule has 9 nitrogen and oxygen atoms in total. The van der Waals surface area contributed by atoms with Gasteiger partial charge in [-0.05, 0) is 50.1 Å². The lowest BCUT2D eigenvalue weighted by atomic mass is 10.3. The summed E-state index contributed by atoms with van der Waals surface area (Å²) in [7, 11) is 0. The molecule has 29 heavy (non-hydrogen) atoms. The Balaban J connectivity index is 1.47. The van der Waals surface area contributed by atoms with E-state index in [0.29, 0.717) is 13.1 Å². The molecule has 4 rings (SSSR count). The van der Waals surface area contributed by atoms with E-state index in [2.05, 4.69) is 35.4 Å². The predicted octanol–water partition coefficient (Wildman–Crippen LogP) is 3.45. The summed E-state index contributed by atoms with van der Waals surface area (Å²) in [4.78, 5) is 17.1. The summed E-state index contributed by atoms with van der Waals surface area (Å²) in [6.07, 6.45) is 5.75. The number of nitrogens with zero attached hydrogens (tertiary/aromatic N) is 4. The van der Waals surface area contributed by atoms with Gasteiger partial charge in [-0.1, -0.05) is 0 Å². The van der Waals surface area contributed by atoms with Gasteiger partial charge in [0.25, 0.3) is 0 Å². The third-order valence-electron chi connectivity index (χ3n) is 4.17. The Morgan fingerprint density at radius 3 is 2.86 bits per heavy atom. The van der Waals surface area contributed by atoms with Crippen LogP contribution in [0.5, 0.6) is 0 Å². The maximum absolute atomic E-state index is 11.6. The molecular weight excluding hydrogens is 388 g/mol. The zero-order valence-electron chi connectivity index (χ0n) is 16.1. The van der Waals surface area contributed by atoms with E-state index in [1.807, 2.05) is 61.1 Å². The van der Waals surface area contributed by atoms with Crippen LogP contribution in [0.2, 0.25) is 0 Å². The monoisotopic (exact) mass is 410 g/mol. The van der Waals surface area contributed by atoms with Gasteiger partial charge in [-0.3, -0.25) is 9.67 Å². The molecule has 1 aromatic carbocycles. The van der Waals surface area contributed by atoms with Crippen LogP contribution >= 0.6 is 11.9 Å². The van der Waals surface area contributed by atoms with Crippen molar-refractivity contribution in [1.29, 1.82) is 0 Å². The van der Waals surface area contributed by atoms with Crippen molar-refractivity contribution in [3.05, 3.63) is 60.4 Å². The van der Waals surface area contributed by atoms with Crippen molar-refractivity contribution >= 4 is 35.3 Å². The van der Waals surface area contributed by atoms with Crippen LogP contribution < -0.4 is 16.0 Å². The average Bonchev–Trinajstić information content (AvgIpc) is 3.32. The molecule has 0 saturated carbocycles. The van der Waals surface area contributed by atoms with Gasteiger partial charge >= 0.3 is 6.03 Å². The van der Waals surface area contributed by atoms with E-state index in [4.69, 9.17) is 0 Å². The number of fused-ring (bicyclic) bond motifs is 1. The number of H-pyrrole nitrogens is 1. The Hall–Kier alpha value is -3.40. The predicted molar refractivity (Wildman–Crippen MR) is 114 cm³/mol. The number of nitrogens with one attached hydrogen (secondary N) is 4. The first-order valence-electron chi connectivity index (χ1n) is 9.23. The summed E-state index contributed by atoms with van der Waals surface area (Å²) in [6, 6.07) is 9.47. The van der Waals surface area contributed by atoms with Crippen LogP contribution in [0.15, 0.2) is 53.8 Å². The molecule has 0 aliphatic carbocycles. The number of benzene rings is 1. The fourth-order valence-corrected chi connectivity index (χ4v) is 3.75. The molecule has 2 amide bonds. The number of amides is 2. The molecule has 10 heteroatoms. The molecule has 0 bridgehead atoms. The summed E-state index contributed by atoms with van der Waals surface area (Å²) in [6.45, 7) is 5.10. The third-order valence-corrected chi connectivity index (χ3v) is 5.13. The number of aromatic amines is 1. The lowest BCUT2D eigenvalue weighted by Gasteiger charge is -2.26. The van der Waals surface area contributed by atoms with Gasteiger partial charge in [-0.25, -0.2) is 9.78 Å². The quantitative estimate of drug-likeness (QED) is 0.464. The average molecular weight is 411 g/mol. The van der Waals surface area contributed by atoms with Gasteiger partial charge in [0.15, 0.2) is 5.82 Å². The first-order chi connectivity index (χ1) is 14.1. The molecule has 2 aromatic heterocycles. The van der Waals surface area contributed by atoms with Gasteiger partial charge < -0.3 is 20.3 Å². The number of urea groups is 1. The van der Waals surface area contributed by atoms with Crippen LogP contribution in [0.25, 0.3) is 5.82 Å². The molecule has 4 N–H and O–H groups in total. The summed E-state index contributed by atoms with van der Waals surface area (Å²) in [5.41, 5.74) is 1.74. The van der Waals surface area contributed by atoms with Crippen molar-refractivity contribution in [3.8, 4) is 0 Å². The zero-order valence-corrected chi connectivity index (χ0v) is 17.0. The molecule has 0 fully saturated rings. The van der Waals surface area contributed by atoms with Gasteiger partial charge in [-0.2, -0.15) is 5.10 Å². The second kappa shape index (κ2) is 8.31. The van der Waals surface area contributed by atoms with E-state index in [1.54, 1.807) is 18.1 Å². The molecule has 0 atom stereocenters. The van der Waals surface area contributed by atoms with E-state index in [1.165, 1.54) is 0 Å². The maximum atomic E-state index is 11.6. The maximum Gasteiger partial charge on any atom is 0.319 e. The zero-order chi connectivity index (χ0) is 20.2. The molecule has 0 unspecified atom stereocenters. The number of hydrogen-bond acceptors (Lipinski definition) is 6. The molecule has 1 aliphatic rings. The highest BCUT2D eigenvalue weighted by Gasteiger charge is 2.19. The van der Waals surface area contributed by atoms with Crippen LogP contribution in [-0.2, 0) is 6.54 Å². The Morgan fingerprint density at radius 2 is 2.14 bits per heavy atom. The second-order valence-corrected chi connectivity index (χ2v) is 7.59. The normalized spacial score (nSPS) is 12.9. The molecule has 3 aromatic rings. The van der Waals surface area contributed by atoms with E-state index in [0.717, 1.165) is 33.7 Å². The van der Waals surface area contributed by atoms with Crippen LogP contribution in [0.3, 0.4) is 0 Å². The van der Waals surface area contributed by atoms with Crippen molar-refractivity contribution < 1.29 is 4.79 Å². The molecule has 0 spiro atoms. The largest absolute Gasteiger partial charge is 0.338 e.